The van der Waals surface area contributed by atoms with Crippen LogP contribution in [0.5, 0.6) is 0 Å². The van der Waals surface area contributed by atoms with Gasteiger partial charge in [-0.3, -0.25) is 0 Å². The Morgan fingerprint density at radius 3 is 1.93 bits per heavy atom. The van der Waals surface area contributed by atoms with E-state index in [1.54, 1.807) is 0 Å². The molecule has 3 aliphatic rings. The molecule has 0 fully saturated rings. The normalized spacial score (nSPS) is 13.6. The number of nitrogens with one attached hydrogen (secondary N) is 1. The van der Waals surface area contributed by atoms with Crippen LogP contribution >= 0.6 is 0 Å². The minimum absolute atomic E-state index is 0.438. The highest BCUT2D eigenvalue weighted by molar-refractivity contribution is 6.73. The quantitative estimate of drug-likeness (QED) is 0.182. The fraction of sp³-hybridized carbons (Fsp3) is 0.0370. The van der Waals surface area contributed by atoms with E-state index in [0.29, 0.717) is 0 Å². The highest BCUT2D eigenvalue weighted by Gasteiger charge is 2.52. The third-order valence-corrected chi connectivity index (χ3v) is 12.5. The first-order chi connectivity index (χ1) is 28.2. The molecule has 1 radical (unpaired) electrons. The number of hydrogen-bond acceptors (Lipinski definition) is 2. The van der Waals surface area contributed by atoms with Crippen molar-refractivity contribution in [1.82, 2.24) is 0 Å². The van der Waals surface area contributed by atoms with Gasteiger partial charge in [0, 0.05) is 28.3 Å². The van der Waals surface area contributed by atoms with Crippen molar-refractivity contribution < 1.29 is 0 Å². The first-order valence-corrected chi connectivity index (χ1v) is 19.8. The predicted molar refractivity (Wildman–Crippen MR) is 240 cm³/mol. The maximum Gasteiger partial charge on any atom is 0.197 e. The van der Waals surface area contributed by atoms with Gasteiger partial charge in [-0.05, 0) is 109 Å². The zero-order valence-electron chi connectivity index (χ0n) is 31.5. The monoisotopic (exact) mass is 723 g/mol. The predicted octanol–water partition coefficient (Wildman–Crippen LogP) is 12.3. The standard InChI is InChI=1S/C54H36BN2/c1-34-32-42(51-39-17-6-5-16-37(39)28-31-48(51)56-38-29-26-36(27-30-38)35-14-3-2-4-15-35)52-50(33-34)57-49-25-12-11-22-45(49)54(46-23-13-24-47(55-52)53(46)57)43-20-9-7-18-40(43)41-19-8-10-21-44(41)54/h2-33,56H,1H3. The molecule has 265 valence electrons. The van der Waals surface area contributed by atoms with Gasteiger partial charge in [-0.1, -0.05) is 169 Å². The number of rotatable bonds is 4. The van der Waals surface area contributed by atoms with Crippen molar-refractivity contribution in [1.29, 1.82) is 0 Å². The molecule has 0 saturated carbocycles. The second kappa shape index (κ2) is 12.2. The summed E-state index contributed by atoms with van der Waals surface area (Å²) in [5.74, 6) is 0. The van der Waals surface area contributed by atoms with E-state index in [4.69, 9.17) is 0 Å². The number of hydrogen-bond donors (Lipinski definition) is 1. The van der Waals surface area contributed by atoms with Crippen molar-refractivity contribution in [3.8, 4) is 33.4 Å². The molecule has 2 heterocycles. The molecule has 0 saturated heterocycles. The molecule has 9 aromatic carbocycles. The Hall–Kier alpha value is -7.10. The SMILES string of the molecule is Cc1cc(-c2c(Nc3ccc(-c4ccccc4)cc3)ccc3ccccc23)c2c(c1)N1c3ccccc3C3(c4ccccc4-c4ccccc43)c3cccc(c31)[B]2. The maximum atomic E-state index is 3.87. The average molecular weight is 724 g/mol. The lowest BCUT2D eigenvalue weighted by Crippen LogP contribution is -2.47. The molecule has 57 heavy (non-hydrogen) atoms. The van der Waals surface area contributed by atoms with Crippen molar-refractivity contribution in [3.63, 3.8) is 0 Å². The lowest BCUT2D eigenvalue weighted by atomic mass is 9.54. The summed E-state index contributed by atoms with van der Waals surface area (Å²) in [5.41, 5.74) is 21.9. The van der Waals surface area contributed by atoms with Gasteiger partial charge >= 0.3 is 0 Å². The van der Waals surface area contributed by atoms with Gasteiger partial charge in [-0.25, -0.2) is 0 Å². The molecule has 1 aliphatic carbocycles. The summed E-state index contributed by atoms with van der Waals surface area (Å²) in [6.07, 6.45) is 0. The van der Waals surface area contributed by atoms with Crippen LogP contribution in [0.1, 0.15) is 27.8 Å². The van der Waals surface area contributed by atoms with E-state index in [9.17, 15) is 0 Å². The number of anilines is 5. The third-order valence-electron chi connectivity index (χ3n) is 12.5. The molecule has 0 bridgehead atoms. The van der Waals surface area contributed by atoms with E-state index < -0.39 is 5.41 Å². The van der Waals surface area contributed by atoms with Gasteiger partial charge in [0.05, 0.1) is 11.1 Å². The van der Waals surface area contributed by atoms with Gasteiger partial charge in [0.25, 0.3) is 0 Å². The Labute approximate surface area is 334 Å². The summed E-state index contributed by atoms with van der Waals surface area (Å²) in [6, 6.07) is 71.6. The Balaban J connectivity index is 1.08. The zero-order chi connectivity index (χ0) is 37.7. The van der Waals surface area contributed by atoms with Crippen LogP contribution in [0.25, 0.3) is 44.2 Å². The molecule has 2 nitrogen and oxygen atoms in total. The van der Waals surface area contributed by atoms with Crippen molar-refractivity contribution >= 4 is 57.4 Å². The molecule has 0 amide bonds. The van der Waals surface area contributed by atoms with Crippen molar-refractivity contribution in [3.05, 3.63) is 222 Å². The van der Waals surface area contributed by atoms with Gasteiger partial charge in [0.1, 0.15) is 0 Å². The minimum Gasteiger partial charge on any atom is -0.355 e. The molecule has 12 rings (SSSR count). The Morgan fingerprint density at radius 1 is 0.491 bits per heavy atom. The number of aryl methyl sites for hydroxylation is 1. The number of para-hydroxylation sites is 2. The van der Waals surface area contributed by atoms with Crippen molar-refractivity contribution in [2.24, 2.45) is 0 Å². The van der Waals surface area contributed by atoms with E-state index in [1.165, 1.54) is 100.0 Å². The second-order valence-electron chi connectivity index (χ2n) is 15.6. The molecule has 3 heteroatoms. The van der Waals surface area contributed by atoms with Gasteiger partial charge in [0.15, 0.2) is 7.28 Å². The number of fused-ring (bicyclic) bond motifs is 12. The Kier molecular flexibility index (Phi) is 6.89. The Morgan fingerprint density at radius 2 is 1.14 bits per heavy atom. The summed E-state index contributed by atoms with van der Waals surface area (Å²) in [5, 5.41) is 6.31. The third kappa shape index (κ3) is 4.54. The molecule has 1 spiro atoms. The van der Waals surface area contributed by atoms with Crippen LogP contribution in [0.2, 0.25) is 0 Å². The largest absolute Gasteiger partial charge is 0.355 e. The van der Waals surface area contributed by atoms with Gasteiger partial charge in [-0.2, -0.15) is 0 Å². The van der Waals surface area contributed by atoms with Crippen LogP contribution in [-0.4, -0.2) is 7.28 Å². The summed E-state index contributed by atoms with van der Waals surface area (Å²) in [7, 11) is 2.45. The summed E-state index contributed by atoms with van der Waals surface area (Å²) in [4.78, 5) is 2.57. The fourth-order valence-corrected chi connectivity index (χ4v) is 10.2. The fourth-order valence-electron chi connectivity index (χ4n) is 10.2. The molecule has 2 aliphatic heterocycles. The summed E-state index contributed by atoms with van der Waals surface area (Å²) in [6.45, 7) is 2.24. The molecule has 0 atom stereocenters. The zero-order valence-corrected chi connectivity index (χ0v) is 31.5. The van der Waals surface area contributed by atoms with Crippen LogP contribution < -0.4 is 21.1 Å². The number of nitrogens with zero attached hydrogens (tertiary/aromatic N) is 1. The summed E-state index contributed by atoms with van der Waals surface area (Å²) < 4.78 is 0. The van der Waals surface area contributed by atoms with E-state index >= 15 is 0 Å². The summed E-state index contributed by atoms with van der Waals surface area (Å²) >= 11 is 0. The van der Waals surface area contributed by atoms with Crippen LogP contribution in [0.4, 0.5) is 28.4 Å². The van der Waals surface area contributed by atoms with Gasteiger partial charge in [-0.15, -0.1) is 0 Å². The molecular formula is C54H36BN2. The van der Waals surface area contributed by atoms with Crippen LogP contribution in [0, 0.1) is 6.92 Å². The molecule has 1 N–H and O–H groups in total. The lowest BCUT2D eigenvalue weighted by Gasteiger charge is -2.48. The topological polar surface area (TPSA) is 15.3 Å². The lowest BCUT2D eigenvalue weighted by molar-refractivity contribution is 0.753. The smallest absolute Gasteiger partial charge is 0.197 e. The van der Waals surface area contributed by atoms with Crippen LogP contribution in [-0.2, 0) is 5.41 Å². The first-order valence-electron chi connectivity index (χ1n) is 19.8. The van der Waals surface area contributed by atoms with E-state index in [1.807, 2.05) is 0 Å². The van der Waals surface area contributed by atoms with E-state index in [2.05, 4.69) is 219 Å². The van der Waals surface area contributed by atoms with Gasteiger partial charge < -0.3 is 10.2 Å². The van der Waals surface area contributed by atoms with Crippen molar-refractivity contribution in [2.45, 2.75) is 12.3 Å². The highest BCUT2D eigenvalue weighted by atomic mass is 15.2. The minimum atomic E-state index is -0.438. The molecule has 0 aromatic heterocycles. The molecule has 9 aromatic rings. The maximum absolute atomic E-state index is 3.87. The second-order valence-corrected chi connectivity index (χ2v) is 15.6. The molecular weight excluding hydrogens is 687 g/mol. The molecule has 0 unspecified atom stereocenters. The van der Waals surface area contributed by atoms with E-state index in [-0.39, 0.29) is 0 Å². The van der Waals surface area contributed by atoms with Crippen molar-refractivity contribution in [2.75, 3.05) is 10.2 Å². The van der Waals surface area contributed by atoms with Crippen LogP contribution in [0.3, 0.4) is 0 Å². The number of benzene rings is 9. The first kappa shape index (κ1) is 32.2. The van der Waals surface area contributed by atoms with E-state index in [0.717, 1.165) is 11.4 Å². The average Bonchev–Trinajstić information content (AvgIpc) is 3.56. The van der Waals surface area contributed by atoms with Gasteiger partial charge in [0.2, 0.25) is 0 Å². The Bertz CT molecular complexity index is 3050. The van der Waals surface area contributed by atoms with Crippen LogP contribution in [0.15, 0.2) is 194 Å². The highest BCUT2D eigenvalue weighted by Crippen LogP contribution is 2.63.